The van der Waals surface area contributed by atoms with Gasteiger partial charge in [-0.1, -0.05) is 18.2 Å². The first kappa shape index (κ1) is 10.2. The predicted octanol–water partition coefficient (Wildman–Crippen LogP) is 3.25. The normalized spacial score (nSPS) is 13.6. The Morgan fingerprint density at radius 3 is 2.53 bits per heavy atom. The van der Waals surface area contributed by atoms with Crippen LogP contribution in [-0.2, 0) is 12.8 Å². The maximum absolute atomic E-state index is 9.90. The van der Waals surface area contributed by atoms with E-state index in [1.54, 1.807) is 12.1 Å². The Balaban J connectivity index is 2.25. The summed E-state index contributed by atoms with van der Waals surface area (Å²) in [6.45, 7) is 0. The first-order valence-electron chi connectivity index (χ1n) is 5.89. The number of aromatic hydroxyl groups is 2. The van der Waals surface area contributed by atoms with Crippen molar-refractivity contribution in [3.63, 3.8) is 0 Å². The lowest BCUT2D eigenvalue weighted by atomic mass is 9.96. The molecule has 0 radical (unpaired) electrons. The molecule has 2 aromatic carbocycles. The van der Waals surface area contributed by atoms with E-state index in [4.69, 9.17) is 0 Å². The second kappa shape index (κ2) is 3.81. The summed E-state index contributed by atoms with van der Waals surface area (Å²) in [5.41, 5.74) is 4.25. The van der Waals surface area contributed by atoms with E-state index >= 15 is 0 Å². The number of fused-ring (bicyclic) bond motifs is 1. The minimum absolute atomic E-state index is 0.271. The molecule has 0 aliphatic heterocycles. The van der Waals surface area contributed by atoms with Gasteiger partial charge in [0.2, 0.25) is 0 Å². The Morgan fingerprint density at radius 1 is 0.882 bits per heavy atom. The van der Waals surface area contributed by atoms with Crippen molar-refractivity contribution in [2.24, 2.45) is 0 Å². The van der Waals surface area contributed by atoms with Crippen LogP contribution in [0.2, 0.25) is 0 Å². The predicted molar refractivity (Wildman–Crippen MR) is 67.2 cm³/mol. The van der Waals surface area contributed by atoms with Crippen molar-refractivity contribution < 1.29 is 10.2 Å². The molecule has 0 amide bonds. The van der Waals surface area contributed by atoms with E-state index in [-0.39, 0.29) is 11.5 Å². The first-order chi connectivity index (χ1) is 8.25. The highest BCUT2D eigenvalue weighted by atomic mass is 16.3. The van der Waals surface area contributed by atoms with Gasteiger partial charge in [-0.15, -0.1) is 0 Å². The summed E-state index contributed by atoms with van der Waals surface area (Å²) in [5, 5.41) is 19.7. The third-order valence-corrected chi connectivity index (χ3v) is 3.39. The van der Waals surface area contributed by atoms with E-state index in [1.807, 2.05) is 24.3 Å². The van der Waals surface area contributed by atoms with Crippen molar-refractivity contribution >= 4 is 0 Å². The molecule has 0 spiro atoms. The van der Waals surface area contributed by atoms with E-state index in [2.05, 4.69) is 0 Å². The number of hydrogen-bond donors (Lipinski definition) is 2. The molecule has 1 aliphatic rings. The molecule has 86 valence electrons. The first-order valence-corrected chi connectivity index (χ1v) is 5.89. The fraction of sp³-hybridized carbons (Fsp3) is 0.200. The van der Waals surface area contributed by atoms with Gasteiger partial charge in [-0.2, -0.15) is 0 Å². The maximum atomic E-state index is 9.90. The van der Waals surface area contributed by atoms with Crippen molar-refractivity contribution in [2.45, 2.75) is 19.3 Å². The molecular weight excluding hydrogens is 212 g/mol. The summed E-state index contributed by atoms with van der Waals surface area (Å²) in [7, 11) is 0. The van der Waals surface area contributed by atoms with Crippen molar-refractivity contribution in [1.29, 1.82) is 0 Å². The van der Waals surface area contributed by atoms with Gasteiger partial charge >= 0.3 is 0 Å². The van der Waals surface area contributed by atoms with Gasteiger partial charge in [0.05, 0.1) is 0 Å². The van der Waals surface area contributed by atoms with Crippen molar-refractivity contribution in [2.75, 3.05) is 0 Å². The van der Waals surface area contributed by atoms with Crippen LogP contribution in [0.3, 0.4) is 0 Å². The monoisotopic (exact) mass is 226 g/mol. The zero-order chi connectivity index (χ0) is 11.8. The third-order valence-electron chi connectivity index (χ3n) is 3.39. The number of benzene rings is 2. The lowest BCUT2D eigenvalue weighted by molar-refractivity contribution is 0.473. The number of aryl methyl sites for hydroxylation is 1. The molecule has 0 saturated heterocycles. The van der Waals surface area contributed by atoms with Gasteiger partial charge in [0.1, 0.15) is 11.5 Å². The molecule has 0 fully saturated rings. The van der Waals surface area contributed by atoms with Gasteiger partial charge in [0.15, 0.2) is 0 Å². The van der Waals surface area contributed by atoms with Gasteiger partial charge < -0.3 is 10.2 Å². The number of hydrogen-bond acceptors (Lipinski definition) is 2. The summed E-state index contributed by atoms with van der Waals surface area (Å²) in [4.78, 5) is 0. The van der Waals surface area contributed by atoms with Crippen LogP contribution in [-0.4, -0.2) is 10.2 Å². The zero-order valence-corrected chi connectivity index (χ0v) is 9.48. The zero-order valence-electron chi connectivity index (χ0n) is 9.48. The fourth-order valence-corrected chi connectivity index (χ4v) is 2.63. The Bertz CT molecular complexity index is 573. The molecule has 2 N–H and O–H groups in total. The van der Waals surface area contributed by atoms with E-state index < -0.39 is 0 Å². The van der Waals surface area contributed by atoms with Crippen LogP contribution in [0.25, 0.3) is 11.1 Å². The highest BCUT2D eigenvalue weighted by molar-refractivity contribution is 5.76. The molecule has 2 nitrogen and oxygen atoms in total. The van der Waals surface area contributed by atoms with Crippen LogP contribution in [0.4, 0.5) is 0 Å². The largest absolute Gasteiger partial charge is 0.508 e. The Kier molecular flexibility index (Phi) is 2.29. The smallest absolute Gasteiger partial charge is 0.123 e. The van der Waals surface area contributed by atoms with Gasteiger partial charge in [0, 0.05) is 5.56 Å². The molecule has 0 heterocycles. The molecule has 17 heavy (non-hydrogen) atoms. The van der Waals surface area contributed by atoms with E-state index in [9.17, 15) is 10.2 Å². The van der Waals surface area contributed by atoms with Gasteiger partial charge in [-0.3, -0.25) is 0 Å². The second-order valence-corrected chi connectivity index (χ2v) is 4.50. The second-order valence-electron chi connectivity index (χ2n) is 4.50. The molecule has 0 unspecified atom stereocenters. The quantitative estimate of drug-likeness (QED) is 0.783. The highest BCUT2D eigenvalue weighted by Gasteiger charge is 2.18. The summed E-state index contributed by atoms with van der Waals surface area (Å²) in [6.07, 6.45) is 3.17. The molecule has 0 atom stereocenters. The SMILES string of the molecule is Oc1cc2c(c(-c3ccccc3O)c1)CCC2. The summed E-state index contributed by atoms with van der Waals surface area (Å²) in [6, 6.07) is 10.9. The van der Waals surface area contributed by atoms with E-state index in [1.165, 1.54) is 11.1 Å². The minimum Gasteiger partial charge on any atom is -0.508 e. The molecule has 0 bridgehead atoms. The van der Waals surface area contributed by atoms with Crippen LogP contribution in [0, 0.1) is 0 Å². The standard InChI is InChI=1S/C15H14O2/c16-11-8-10-4-3-6-12(10)14(9-11)13-5-1-2-7-15(13)17/h1-2,5,7-9,16-17H,3-4,6H2. The topological polar surface area (TPSA) is 40.5 Å². The molecule has 3 rings (SSSR count). The lowest BCUT2D eigenvalue weighted by Crippen LogP contribution is -1.89. The maximum Gasteiger partial charge on any atom is 0.123 e. The molecule has 0 saturated carbocycles. The van der Waals surface area contributed by atoms with Gasteiger partial charge in [-0.25, -0.2) is 0 Å². The number of phenolic OH excluding ortho intramolecular Hbond substituents is 2. The summed E-state index contributed by atoms with van der Waals surface area (Å²) < 4.78 is 0. The van der Waals surface area contributed by atoms with Gasteiger partial charge in [-0.05, 0) is 54.2 Å². The fourth-order valence-electron chi connectivity index (χ4n) is 2.63. The lowest BCUT2D eigenvalue weighted by Gasteiger charge is -2.11. The molecule has 2 aromatic rings. The van der Waals surface area contributed by atoms with E-state index in [0.29, 0.717) is 0 Å². The van der Waals surface area contributed by atoms with Crippen LogP contribution in [0.5, 0.6) is 11.5 Å². The summed E-state index contributed by atoms with van der Waals surface area (Å²) in [5.74, 6) is 0.552. The number of rotatable bonds is 1. The minimum atomic E-state index is 0.271. The molecule has 1 aliphatic carbocycles. The van der Waals surface area contributed by atoms with Crippen molar-refractivity contribution in [1.82, 2.24) is 0 Å². The molecular formula is C15H14O2. The summed E-state index contributed by atoms with van der Waals surface area (Å²) >= 11 is 0. The van der Waals surface area contributed by atoms with Crippen LogP contribution in [0.15, 0.2) is 36.4 Å². The Hall–Kier alpha value is -1.96. The third kappa shape index (κ3) is 1.66. The van der Waals surface area contributed by atoms with Crippen molar-refractivity contribution in [3.05, 3.63) is 47.5 Å². The van der Waals surface area contributed by atoms with Crippen LogP contribution < -0.4 is 0 Å². The Morgan fingerprint density at radius 2 is 1.71 bits per heavy atom. The van der Waals surface area contributed by atoms with E-state index in [0.717, 1.165) is 30.4 Å². The van der Waals surface area contributed by atoms with Crippen LogP contribution in [0.1, 0.15) is 17.5 Å². The molecule has 0 aromatic heterocycles. The molecule has 2 heteroatoms. The average Bonchev–Trinajstić information content (AvgIpc) is 2.76. The number of phenols is 2. The van der Waals surface area contributed by atoms with Crippen LogP contribution >= 0.6 is 0 Å². The van der Waals surface area contributed by atoms with Gasteiger partial charge in [0.25, 0.3) is 0 Å². The Labute approximate surface area is 100 Å². The highest BCUT2D eigenvalue weighted by Crippen LogP contribution is 2.38. The average molecular weight is 226 g/mol. The van der Waals surface area contributed by atoms with Crippen molar-refractivity contribution in [3.8, 4) is 22.6 Å². The number of para-hydroxylation sites is 1.